The zero-order valence-electron chi connectivity index (χ0n) is 11.4. The predicted octanol–water partition coefficient (Wildman–Crippen LogP) is 4.16. The Morgan fingerprint density at radius 3 is 2.80 bits per heavy atom. The Kier molecular flexibility index (Phi) is 4.68. The fraction of sp³-hybridized carbons (Fsp3) is 0.533. The van der Waals surface area contributed by atoms with E-state index in [0.29, 0.717) is 21.6 Å². The molecule has 0 aromatic heterocycles. The minimum Gasteiger partial charge on any atom is -0.481 e. The summed E-state index contributed by atoms with van der Waals surface area (Å²) in [7, 11) is 0. The van der Waals surface area contributed by atoms with Gasteiger partial charge in [0.2, 0.25) is 0 Å². The van der Waals surface area contributed by atoms with Gasteiger partial charge in [-0.2, -0.15) is 0 Å². The van der Waals surface area contributed by atoms with Crippen LogP contribution >= 0.6 is 15.9 Å². The quantitative estimate of drug-likeness (QED) is 0.809. The summed E-state index contributed by atoms with van der Waals surface area (Å²) >= 11 is 3.19. The largest absolute Gasteiger partial charge is 0.481 e. The van der Waals surface area contributed by atoms with Gasteiger partial charge in [0, 0.05) is 4.47 Å². The molecule has 0 radical (unpaired) electrons. The number of anilines is 1. The van der Waals surface area contributed by atoms with E-state index in [-0.39, 0.29) is 5.92 Å². The lowest BCUT2D eigenvalue weighted by Crippen LogP contribution is -2.27. The predicted molar refractivity (Wildman–Crippen MR) is 80.0 cm³/mol. The lowest BCUT2D eigenvalue weighted by atomic mass is 9.73. The molecule has 0 amide bonds. The van der Waals surface area contributed by atoms with Crippen LogP contribution in [0.1, 0.15) is 44.1 Å². The molecule has 20 heavy (non-hydrogen) atoms. The van der Waals surface area contributed by atoms with E-state index in [0.717, 1.165) is 25.7 Å². The SMILES string of the molecule is CC1CCCC(C(C(=O)O)c2cc(F)cc(Br)c2N)C1. The Balaban J connectivity index is 2.41. The summed E-state index contributed by atoms with van der Waals surface area (Å²) in [5.74, 6) is -1.59. The van der Waals surface area contributed by atoms with Crippen LogP contribution in [-0.2, 0) is 4.79 Å². The van der Waals surface area contributed by atoms with Crippen molar-refractivity contribution < 1.29 is 14.3 Å². The second kappa shape index (κ2) is 6.12. The van der Waals surface area contributed by atoms with Gasteiger partial charge in [-0.05, 0) is 58.3 Å². The number of hydrogen-bond acceptors (Lipinski definition) is 2. The van der Waals surface area contributed by atoms with Crippen molar-refractivity contribution in [1.82, 2.24) is 0 Å². The van der Waals surface area contributed by atoms with Gasteiger partial charge in [-0.3, -0.25) is 4.79 Å². The molecule has 1 aromatic carbocycles. The monoisotopic (exact) mass is 343 g/mol. The van der Waals surface area contributed by atoms with Crippen molar-refractivity contribution in [3.05, 3.63) is 28.0 Å². The molecule has 110 valence electrons. The van der Waals surface area contributed by atoms with E-state index in [9.17, 15) is 14.3 Å². The number of benzene rings is 1. The normalized spacial score (nSPS) is 24.4. The second-order valence-corrected chi connectivity index (χ2v) is 6.59. The topological polar surface area (TPSA) is 63.3 Å². The molecule has 1 saturated carbocycles. The summed E-state index contributed by atoms with van der Waals surface area (Å²) in [4.78, 5) is 11.7. The lowest BCUT2D eigenvalue weighted by molar-refractivity contribution is -0.140. The number of aliphatic carboxylic acids is 1. The van der Waals surface area contributed by atoms with E-state index >= 15 is 0 Å². The van der Waals surface area contributed by atoms with Crippen LogP contribution in [0.5, 0.6) is 0 Å². The van der Waals surface area contributed by atoms with Crippen molar-refractivity contribution in [1.29, 1.82) is 0 Å². The summed E-state index contributed by atoms with van der Waals surface area (Å²) in [6.45, 7) is 2.13. The summed E-state index contributed by atoms with van der Waals surface area (Å²) in [6.07, 6.45) is 3.86. The maximum absolute atomic E-state index is 13.6. The molecule has 3 N–H and O–H groups in total. The minimum atomic E-state index is -0.923. The third-order valence-corrected chi connectivity index (χ3v) is 4.83. The maximum atomic E-state index is 13.6. The molecular weight excluding hydrogens is 325 g/mol. The van der Waals surface area contributed by atoms with Crippen molar-refractivity contribution >= 4 is 27.6 Å². The zero-order chi connectivity index (χ0) is 14.9. The molecule has 1 aliphatic carbocycles. The molecule has 3 atom stereocenters. The molecule has 1 aromatic rings. The van der Waals surface area contributed by atoms with Crippen molar-refractivity contribution in [2.75, 3.05) is 5.73 Å². The van der Waals surface area contributed by atoms with Crippen molar-refractivity contribution in [2.24, 2.45) is 11.8 Å². The van der Waals surface area contributed by atoms with Gasteiger partial charge in [0.15, 0.2) is 0 Å². The highest BCUT2D eigenvalue weighted by Gasteiger charge is 2.34. The first kappa shape index (κ1) is 15.3. The van der Waals surface area contributed by atoms with Gasteiger partial charge in [-0.15, -0.1) is 0 Å². The molecule has 5 heteroatoms. The van der Waals surface area contributed by atoms with E-state index in [1.165, 1.54) is 12.1 Å². The third kappa shape index (κ3) is 3.14. The van der Waals surface area contributed by atoms with Gasteiger partial charge in [-0.1, -0.05) is 19.8 Å². The van der Waals surface area contributed by atoms with Crippen LogP contribution in [0.4, 0.5) is 10.1 Å². The Morgan fingerprint density at radius 2 is 2.20 bits per heavy atom. The van der Waals surface area contributed by atoms with Gasteiger partial charge in [0.1, 0.15) is 5.82 Å². The van der Waals surface area contributed by atoms with Crippen LogP contribution in [0.25, 0.3) is 0 Å². The standard InChI is InChI=1S/C15H19BrFNO2/c1-8-3-2-4-9(5-8)13(15(19)20)11-6-10(17)7-12(16)14(11)18/h6-9,13H,2-5,18H2,1H3,(H,19,20). The number of carboxylic acids is 1. The highest BCUT2D eigenvalue weighted by Crippen LogP contribution is 2.42. The number of carbonyl (C=O) groups is 1. The van der Waals surface area contributed by atoms with Crippen LogP contribution in [0.2, 0.25) is 0 Å². The average Bonchev–Trinajstić information content (AvgIpc) is 2.35. The Hall–Kier alpha value is -1.10. The molecule has 0 spiro atoms. The molecule has 3 nitrogen and oxygen atoms in total. The van der Waals surface area contributed by atoms with E-state index < -0.39 is 17.7 Å². The van der Waals surface area contributed by atoms with Crippen molar-refractivity contribution in [3.8, 4) is 0 Å². The summed E-state index contributed by atoms with van der Waals surface area (Å²) in [6, 6.07) is 2.53. The number of hydrogen-bond donors (Lipinski definition) is 2. The van der Waals surface area contributed by atoms with Crippen molar-refractivity contribution in [3.63, 3.8) is 0 Å². The lowest BCUT2D eigenvalue weighted by Gasteiger charge is -2.32. The number of halogens is 2. The number of rotatable bonds is 3. The average molecular weight is 344 g/mol. The Labute approximate surface area is 126 Å². The molecular formula is C15H19BrFNO2. The number of carboxylic acid groups (broad SMARTS) is 1. The van der Waals surface area contributed by atoms with Gasteiger partial charge >= 0.3 is 5.97 Å². The van der Waals surface area contributed by atoms with Gasteiger partial charge in [0.05, 0.1) is 11.6 Å². The third-order valence-electron chi connectivity index (χ3n) is 4.18. The summed E-state index contributed by atoms with van der Waals surface area (Å²) in [5, 5.41) is 9.58. The Bertz CT molecular complexity index is 521. The highest BCUT2D eigenvalue weighted by molar-refractivity contribution is 9.10. The van der Waals surface area contributed by atoms with Crippen LogP contribution in [0.15, 0.2) is 16.6 Å². The van der Waals surface area contributed by atoms with Gasteiger partial charge in [-0.25, -0.2) is 4.39 Å². The fourth-order valence-corrected chi connectivity index (χ4v) is 3.68. The van der Waals surface area contributed by atoms with Crippen LogP contribution < -0.4 is 5.73 Å². The maximum Gasteiger partial charge on any atom is 0.311 e. The Morgan fingerprint density at radius 1 is 1.50 bits per heavy atom. The van der Waals surface area contributed by atoms with E-state index in [2.05, 4.69) is 22.9 Å². The van der Waals surface area contributed by atoms with Gasteiger partial charge < -0.3 is 10.8 Å². The smallest absolute Gasteiger partial charge is 0.311 e. The first-order chi connectivity index (χ1) is 9.40. The zero-order valence-corrected chi connectivity index (χ0v) is 13.0. The summed E-state index contributed by atoms with van der Waals surface area (Å²) < 4.78 is 14.0. The molecule has 1 fully saturated rings. The van der Waals surface area contributed by atoms with Gasteiger partial charge in [0.25, 0.3) is 0 Å². The second-order valence-electron chi connectivity index (χ2n) is 5.74. The van der Waals surface area contributed by atoms with Crippen molar-refractivity contribution in [2.45, 2.75) is 38.5 Å². The van der Waals surface area contributed by atoms with Crippen LogP contribution in [0.3, 0.4) is 0 Å². The molecule has 3 unspecified atom stereocenters. The van der Waals surface area contributed by atoms with Crippen LogP contribution in [0, 0.1) is 17.7 Å². The summed E-state index contributed by atoms with van der Waals surface area (Å²) in [5.41, 5.74) is 6.68. The number of nitrogens with two attached hydrogens (primary N) is 1. The fourth-order valence-electron chi connectivity index (χ4n) is 3.23. The molecule has 0 bridgehead atoms. The molecule has 0 saturated heterocycles. The molecule has 1 aliphatic rings. The first-order valence-corrected chi connectivity index (χ1v) is 7.66. The first-order valence-electron chi connectivity index (χ1n) is 6.87. The molecule has 2 rings (SSSR count). The highest BCUT2D eigenvalue weighted by atomic mass is 79.9. The molecule has 0 heterocycles. The minimum absolute atomic E-state index is 0.0206. The molecule has 0 aliphatic heterocycles. The number of nitrogen functional groups attached to an aromatic ring is 1. The van der Waals surface area contributed by atoms with E-state index in [4.69, 9.17) is 5.73 Å². The van der Waals surface area contributed by atoms with E-state index in [1.807, 2.05) is 0 Å². The van der Waals surface area contributed by atoms with E-state index in [1.54, 1.807) is 0 Å². The van der Waals surface area contributed by atoms with Crippen LogP contribution in [-0.4, -0.2) is 11.1 Å².